The monoisotopic (exact) mass is 378 g/mol. The predicted octanol–water partition coefficient (Wildman–Crippen LogP) is 2.90. The molecule has 5 nitrogen and oxygen atoms in total. The number of rotatable bonds is 6. The maximum absolute atomic E-state index is 13.0. The number of nitrogens with one attached hydrogen (secondary N) is 2. The molecular formula is C22H23FN4O. The van der Waals surface area contributed by atoms with Crippen LogP contribution in [-0.4, -0.2) is 17.6 Å². The molecule has 1 heterocycles. The largest absolute Gasteiger partial charge is 0.352 e. The molecule has 0 saturated carbocycles. The standard InChI is InChI=1S/C22H23FN4O/c1-24-22(26-15-18-9-11-20(23)12-10-18)25-14-17-5-7-19(8-6-17)16-27-13-3-2-4-21(27)28/h2-13H,14-16H2,1H3,(H2,24,25,26). The number of hydrogen-bond donors (Lipinski definition) is 2. The summed E-state index contributed by atoms with van der Waals surface area (Å²) < 4.78 is 14.6. The normalized spacial score (nSPS) is 11.3. The summed E-state index contributed by atoms with van der Waals surface area (Å²) in [5.41, 5.74) is 3.14. The van der Waals surface area contributed by atoms with Gasteiger partial charge in [0.25, 0.3) is 5.56 Å². The van der Waals surface area contributed by atoms with Gasteiger partial charge in [0.15, 0.2) is 5.96 Å². The van der Waals surface area contributed by atoms with E-state index in [1.165, 1.54) is 12.1 Å². The number of guanidine groups is 1. The highest BCUT2D eigenvalue weighted by atomic mass is 19.1. The van der Waals surface area contributed by atoms with Crippen molar-refractivity contribution in [3.63, 3.8) is 0 Å². The van der Waals surface area contributed by atoms with Gasteiger partial charge in [-0.1, -0.05) is 42.5 Å². The first kappa shape index (κ1) is 19.4. The van der Waals surface area contributed by atoms with E-state index >= 15 is 0 Å². The van der Waals surface area contributed by atoms with Gasteiger partial charge in [-0.3, -0.25) is 9.79 Å². The van der Waals surface area contributed by atoms with Crippen LogP contribution in [0.15, 0.2) is 82.7 Å². The molecule has 0 aliphatic carbocycles. The van der Waals surface area contributed by atoms with E-state index in [-0.39, 0.29) is 11.4 Å². The van der Waals surface area contributed by atoms with Gasteiger partial charge in [-0.2, -0.15) is 0 Å². The van der Waals surface area contributed by atoms with Gasteiger partial charge in [0.2, 0.25) is 0 Å². The Balaban J connectivity index is 1.51. The molecule has 0 amide bonds. The molecule has 6 heteroatoms. The first-order valence-electron chi connectivity index (χ1n) is 9.06. The van der Waals surface area contributed by atoms with E-state index in [4.69, 9.17) is 0 Å². The van der Waals surface area contributed by atoms with Gasteiger partial charge in [-0.05, 0) is 34.9 Å². The highest BCUT2D eigenvalue weighted by Crippen LogP contribution is 2.06. The van der Waals surface area contributed by atoms with Gasteiger partial charge < -0.3 is 15.2 Å². The van der Waals surface area contributed by atoms with E-state index in [1.807, 2.05) is 30.3 Å². The maximum atomic E-state index is 13.0. The Morgan fingerprint density at radius 1 is 0.893 bits per heavy atom. The van der Waals surface area contributed by atoms with Crippen LogP contribution >= 0.6 is 0 Å². The maximum Gasteiger partial charge on any atom is 0.250 e. The molecule has 28 heavy (non-hydrogen) atoms. The van der Waals surface area contributed by atoms with E-state index in [1.54, 1.807) is 42.1 Å². The third kappa shape index (κ3) is 5.54. The smallest absolute Gasteiger partial charge is 0.250 e. The molecule has 3 rings (SSSR count). The quantitative estimate of drug-likeness (QED) is 0.512. The second kappa shape index (κ2) is 9.50. The molecule has 0 aliphatic heterocycles. The SMILES string of the molecule is CN=C(NCc1ccc(F)cc1)NCc1ccc(Cn2ccccc2=O)cc1. The van der Waals surface area contributed by atoms with E-state index in [9.17, 15) is 9.18 Å². The van der Waals surface area contributed by atoms with Crippen LogP contribution < -0.4 is 16.2 Å². The van der Waals surface area contributed by atoms with E-state index < -0.39 is 0 Å². The minimum Gasteiger partial charge on any atom is -0.352 e. The first-order valence-corrected chi connectivity index (χ1v) is 9.06. The fourth-order valence-corrected chi connectivity index (χ4v) is 2.74. The topological polar surface area (TPSA) is 58.4 Å². The van der Waals surface area contributed by atoms with Crippen LogP contribution in [0.5, 0.6) is 0 Å². The second-order valence-electron chi connectivity index (χ2n) is 6.39. The lowest BCUT2D eigenvalue weighted by atomic mass is 10.1. The van der Waals surface area contributed by atoms with Gasteiger partial charge in [-0.15, -0.1) is 0 Å². The lowest BCUT2D eigenvalue weighted by Crippen LogP contribution is -2.36. The van der Waals surface area contributed by atoms with Gasteiger partial charge in [-0.25, -0.2) is 4.39 Å². The van der Waals surface area contributed by atoms with Crippen LogP contribution in [0.3, 0.4) is 0 Å². The summed E-state index contributed by atoms with van der Waals surface area (Å²) in [6.07, 6.45) is 1.79. The summed E-state index contributed by atoms with van der Waals surface area (Å²) in [6.45, 7) is 1.73. The van der Waals surface area contributed by atoms with Crippen LogP contribution in [0.1, 0.15) is 16.7 Å². The fraction of sp³-hybridized carbons (Fsp3) is 0.182. The molecule has 0 bridgehead atoms. The Labute approximate surface area is 163 Å². The van der Waals surface area contributed by atoms with Crippen molar-refractivity contribution in [1.29, 1.82) is 0 Å². The minimum atomic E-state index is -0.244. The molecule has 0 spiro atoms. The minimum absolute atomic E-state index is 0.00993. The van der Waals surface area contributed by atoms with Crippen molar-refractivity contribution in [2.24, 2.45) is 4.99 Å². The van der Waals surface area contributed by atoms with Crippen LogP contribution in [0.2, 0.25) is 0 Å². The average Bonchev–Trinajstić information content (AvgIpc) is 2.72. The molecule has 2 N–H and O–H groups in total. The number of benzene rings is 2. The van der Waals surface area contributed by atoms with Crippen molar-refractivity contribution >= 4 is 5.96 Å². The van der Waals surface area contributed by atoms with Crippen molar-refractivity contribution in [2.45, 2.75) is 19.6 Å². The average molecular weight is 378 g/mol. The van der Waals surface area contributed by atoms with Gasteiger partial charge in [0.05, 0.1) is 6.54 Å². The van der Waals surface area contributed by atoms with E-state index in [0.29, 0.717) is 25.6 Å². The zero-order valence-corrected chi connectivity index (χ0v) is 15.7. The number of halogens is 1. The molecule has 1 aromatic heterocycles. The molecule has 0 unspecified atom stereocenters. The molecule has 2 aromatic carbocycles. The number of aliphatic imine (C=N–C) groups is 1. The van der Waals surface area contributed by atoms with Crippen molar-refractivity contribution in [3.05, 3.63) is 106 Å². The summed E-state index contributed by atoms with van der Waals surface area (Å²) in [7, 11) is 1.71. The van der Waals surface area contributed by atoms with Crippen LogP contribution in [-0.2, 0) is 19.6 Å². The predicted molar refractivity (Wildman–Crippen MR) is 110 cm³/mol. The second-order valence-corrected chi connectivity index (χ2v) is 6.39. The molecule has 3 aromatic rings. The van der Waals surface area contributed by atoms with Gasteiger partial charge in [0.1, 0.15) is 5.82 Å². The van der Waals surface area contributed by atoms with E-state index in [2.05, 4.69) is 15.6 Å². The van der Waals surface area contributed by atoms with Crippen LogP contribution in [0.4, 0.5) is 4.39 Å². The number of pyridine rings is 1. The molecular weight excluding hydrogens is 355 g/mol. The molecule has 144 valence electrons. The summed E-state index contributed by atoms with van der Waals surface area (Å²) in [6, 6.07) is 19.6. The Bertz CT molecular complexity index is 978. The lowest BCUT2D eigenvalue weighted by Gasteiger charge is -2.12. The summed E-state index contributed by atoms with van der Waals surface area (Å²) in [5.74, 6) is 0.427. The van der Waals surface area contributed by atoms with Crippen molar-refractivity contribution in [1.82, 2.24) is 15.2 Å². The molecule has 0 aliphatic rings. The first-order chi connectivity index (χ1) is 13.6. The van der Waals surface area contributed by atoms with Crippen molar-refractivity contribution in [2.75, 3.05) is 7.05 Å². The number of hydrogen-bond acceptors (Lipinski definition) is 2. The third-order valence-corrected chi connectivity index (χ3v) is 4.33. The van der Waals surface area contributed by atoms with Gasteiger partial charge >= 0.3 is 0 Å². The highest BCUT2D eigenvalue weighted by Gasteiger charge is 2.01. The van der Waals surface area contributed by atoms with Crippen LogP contribution in [0.25, 0.3) is 0 Å². The Kier molecular flexibility index (Phi) is 6.57. The molecule has 0 radical (unpaired) electrons. The summed E-state index contributed by atoms with van der Waals surface area (Å²) >= 11 is 0. The molecule has 0 saturated heterocycles. The third-order valence-electron chi connectivity index (χ3n) is 4.33. The Morgan fingerprint density at radius 3 is 2.04 bits per heavy atom. The van der Waals surface area contributed by atoms with Gasteiger partial charge in [0, 0.05) is 32.4 Å². The highest BCUT2D eigenvalue weighted by molar-refractivity contribution is 5.79. The number of aromatic nitrogens is 1. The van der Waals surface area contributed by atoms with Crippen molar-refractivity contribution < 1.29 is 4.39 Å². The Morgan fingerprint density at radius 2 is 1.46 bits per heavy atom. The zero-order chi connectivity index (χ0) is 19.8. The summed E-state index contributed by atoms with van der Waals surface area (Å²) in [5, 5.41) is 6.46. The molecule has 0 fully saturated rings. The molecule has 0 atom stereocenters. The van der Waals surface area contributed by atoms with Crippen molar-refractivity contribution in [3.8, 4) is 0 Å². The van der Waals surface area contributed by atoms with Crippen LogP contribution in [0, 0.1) is 5.82 Å². The number of nitrogens with zero attached hydrogens (tertiary/aromatic N) is 2. The Hall–Kier alpha value is -3.41. The lowest BCUT2D eigenvalue weighted by molar-refractivity contribution is 0.626. The summed E-state index contributed by atoms with van der Waals surface area (Å²) in [4.78, 5) is 16.0. The van der Waals surface area contributed by atoms with E-state index in [0.717, 1.165) is 16.7 Å². The zero-order valence-electron chi connectivity index (χ0n) is 15.7. The fourth-order valence-electron chi connectivity index (χ4n) is 2.74.